The van der Waals surface area contributed by atoms with Gasteiger partial charge in [0.1, 0.15) is 46.5 Å². The summed E-state index contributed by atoms with van der Waals surface area (Å²) in [5, 5.41) is 11.8. The van der Waals surface area contributed by atoms with Gasteiger partial charge in [-0.15, -0.1) is 0 Å². The maximum Gasteiger partial charge on any atom is 0.225 e. The number of pyridine rings is 6. The number of aromatic nitrogens is 10. The standard InChI is InChI=1S/C22H25N5O3.C22H24N4O3.C17H17ClN4O2/c1-26-18-3-7-24-22(30-16-4-8-28-9-5-16)20(18)21(25-26)14-2-6-23-19(10-14)27-12-17-11-15(27)13-29-17;1-5-23-19(26-12-18-10-16(26)13-28-18)9-14(1)21-20-15(11-25-21)2-6-24-22(20)29-17-3-7-27-8-4-17;1-22-13-3-7-20-17(24-12-4-8-23-9-5-12)15(13)16(21-22)11-2-6-19-14(18)10-11/h2-3,6-7,10,15-17H,4-5,8-9,11-13H2,1H3;1-2,5-6,9,16-18H,3-4,7-8,10-13H2;2-3,6-7,10,12H,4-5,8-9H2,1H3/t15-,17-;16-,18-;/m00./s1. The summed E-state index contributed by atoms with van der Waals surface area (Å²) in [6.07, 6.45) is 19.4. The summed E-state index contributed by atoms with van der Waals surface area (Å²) in [6.45, 7) is 8.48. The number of morpholine rings is 2. The Bertz CT molecular complexity index is 3660. The summed E-state index contributed by atoms with van der Waals surface area (Å²) in [6, 6.07) is 18.9. The van der Waals surface area contributed by atoms with E-state index in [0.717, 1.165) is 190 Å². The molecule has 16 heterocycles. The third kappa shape index (κ3) is 11.2. The molecule has 8 aromatic rings. The van der Waals surface area contributed by atoms with E-state index in [2.05, 4.69) is 56.9 Å². The first kappa shape index (κ1) is 53.6. The second-order valence-corrected chi connectivity index (χ2v) is 22.6. The number of fused-ring (bicyclic) bond motifs is 7. The number of nitrogens with zero attached hydrogens (tertiary/aromatic N) is 13. The number of anilines is 2. The summed E-state index contributed by atoms with van der Waals surface area (Å²) in [4.78, 5) is 36.5. The summed E-state index contributed by atoms with van der Waals surface area (Å²) in [5.74, 6) is 3.94. The van der Waals surface area contributed by atoms with E-state index < -0.39 is 0 Å². The van der Waals surface area contributed by atoms with Crippen LogP contribution >= 0.6 is 11.6 Å². The highest BCUT2D eigenvalue weighted by Gasteiger charge is 2.41. The van der Waals surface area contributed by atoms with Gasteiger partial charge in [0, 0.05) is 120 Å². The highest BCUT2D eigenvalue weighted by Crippen LogP contribution is 2.40. The average Bonchev–Trinajstić information content (AvgIpc) is 4.47. The SMILES string of the molecule is Cn1nc(-c2ccnc(Cl)c2)c2c(OC3CCOCC3)nccc21.Cn1nc(-c2ccnc(N3C[C@@H]4C[C@H]3CO4)c2)c2c(OC3CCOCC3)nccc21.c1cc(C2=NCc3ccnc(OC4CCOCC4)c32)cc(N2C[C@@H]3C[C@H]2CO3)n1. The Balaban J connectivity index is 0.000000112. The van der Waals surface area contributed by atoms with Crippen LogP contribution in [0, 0.1) is 0 Å². The molecule has 8 aromatic heterocycles. The molecule has 16 rings (SSSR count). The molecule has 0 amide bonds. The zero-order valence-corrected chi connectivity index (χ0v) is 47.4. The van der Waals surface area contributed by atoms with Crippen molar-refractivity contribution in [1.29, 1.82) is 0 Å². The van der Waals surface area contributed by atoms with E-state index in [-0.39, 0.29) is 18.3 Å². The molecule has 430 valence electrons. The molecule has 0 saturated carbocycles. The van der Waals surface area contributed by atoms with Gasteiger partial charge in [0.15, 0.2) is 0 Å². The van der Waals surface area contributed by atoms with Gasteiger partial charge in [0.25, 0.3) is 0 Å². The lowest BCUT2D eigenvalue weighted by Crippen LogP contribution is -2.37. The van der Waals surface area contributed by atoms with Crippen LogP contribution in [0.4, 0.5) is 11.6 Å². The molecule has 4 atom stereocenters. The zero-order chi connectivity index (χ0) is 55.8. The summed E-state index contributed by atoms with van der Waals surface area (Å²) in [5.41, 5.74) is 9.81. The van der Waals surface area contributed by atoms with Gasteiger partial charge >= 0.3 is 0 Å². The Kier molecular flexibility index (Phi) is 15.3. The highest BCUT2D eigenvalue weighted by molar-refractivity contribution is 6.29. The molecule has 0 unspecified atom stereocenters. The van der Waals surface area contributed by atoms with E-state index in [1.165, 1.54) is 5.56 Å². The Morgan fingerprint density at radius 1 is 0.506 bits per heavy atom. The summed E-state index contributed by atoms with van der Waals surface area (Å²) < 4.78 is 50.4. The second-order valence-electron chi connectivity index (χ2n) is 22.2. The van der Waals surface area contributed by atoms with Crippen molar-refractivity contribution >= 4 is 50.8 Å². The molecule has 0 aromatic carbocycles. The molecule has 4 bridgehead atoms. The van der Waals surface area contributed by atoms with E-state index in [1.807, 2.05) is 78.4 Å². The van der Waals surface area contributed by atoms with Crippen LogP contribution in [0.3, 0.4) is 0 Å². The lowest BCUT2D eigenvalue weighted by Gasteiger charge is -2.28. The lowest BCUT2D eigenvalue weighted by molar-refractivity contribution is 0.0235. The molecular weight excluding hydrogens is 1080 g/mol. The van der Waals surface area contributed by atoms with Crippen molar-refractivity contribution in [1.82, 2.24) is 49.5 Å². The molecule has 0 aliphatic carbocycles. The second kappa shape index (κ2) is 23.7. The summed E-state index contributed by atoms with van der Waals surface area (Å²) in [7, 11) is 3.87. The fraction of sp³-hybridized carbons (Fsp3) is 0.459. The van der Waals surface area contributed by atoms with Crippen LogP contribution in [0.5, 0.6) is 17.6 Å². The largest absolute Gasteiger partial charge is 0.474 e. The Hall–Kier alpha value is -7.40. The van der Waals surface area contributed by atoms with E-state index >= 15 is 0 Å². The Labute approximate surface area is 485 Å². The molecule has 83 heavy (non-hydrogen) atoms. The maximum absolute atomic E-state index is 6.33. The van der Waals surface area contributed by atoms with Gasteiger partial charge < -0.3 is 47.7 Å². The third-order valence-electron chi connectivity index (χ3n) is 16.9. The monoisotopic (exact) mass is 1140 g/mol. The number of aryl methyl sites for hydroxylation is 2. The molecule has 21 nitrogen and oxygen atoms in total. The Morgan fingerprint density at radius 3 is 1.45 bits per heavy atom. The average molecular weight is 1140 g/mol. The minimum absolute atomic E-state index is 0.117. The van der Waals surface area contributed by atoms with E-state index in [9.17, 15) is 0 Å². The third-order valence-corrected chi connectivity index (χ3v) is 17.1. The highest BCUT2D eigenvalue weighted by atomic mass is 35.5. The molecule has 7 saturated heterocycles. The van der Waals surface area contributed by atoms with E-state index in [4.69, 9.17) is 59.6 Å². The predicted molar refractivity (Wildman–Crippen MR) is 311 cm³/mol. The van der Waals surface area contributed by atoms with Gasteiger partial charge in [0.05, 0.1) is 117 Å². The minimum Gasteiger partial charge on any atom is -0.474 e. The topological polar surface area (TPSA) is 206 Å². The number of ether oxygens (including phenoxy) is 8. The quantitative estimate of drug-likeness (QED) is 0.112. The fourth-order valence-corrected chi connectivity index (χ4v) is 12.8. The molecule has 22 heteroatoms. The molecule has 8 aliphatic heterocycles. The molecule has 0 spiro atoms. The fourth-order valence-electron chi connectivity index (χ4n) is 12.6. The van der Waals surface area contributed by atoms with Gasteiger partial charge in [-0.05, 0) is 73.0 Å². The number of rotatable bonds is 11. The summed E-state index contributed by atoms with van der Waals surface area (Å²) >= 11 is 6.04. The number of hydrogen-bond donors (Lipinski definition) is 0. The van der Waals surface area contributed by atoms with Crippen molar-refractivity contribution in [3.63, 3.8) is 0 Å². The van der Waals surface area contributed by atoms with Crippen LogP contribution in [0.1, 0.15) is 68.1 Å². The van der Waals surface area contributed by atoms with Crippen molar-refractivity contribution in [2.24, 2.45) is 19.1 Å². The van der Waals surface area contributed by atoms with Crippen molar-refractivity contribution in [3.8, 4) is 40.2 Å². The number of halogens is 1. The van der Waals surface area contributed by atoms with Gasteiger partial charge in [-0.2, -0.15) is 10.2 Å². The van der Waals surface area contributed by atoms with Crippen molar-refractivity contribution in [3.05, 3.63) is 114 Å². The minimum atomic E-state index is 0.117. The first-order valence-electron chi connectivity index (χ1n) is 29.0. The van der Waals surface area contributed by atoms with Crippen LogP contribution in [-0.4, -0.2) is 164 Å². The van der Waals surface area contributed by atoms with Crippen LogP contribution < -0.4 is 24.0 Å². The molecule has 7 fully saturated rings. The normalized spacial score (nSPS) is 22.3. The number of hydrogen-bond acceptors (Lipinski definition) is 19. The van der Waals surface area contributed by atoms with Crippen LogP contribution in [0.25, 0.3) is 44.3 Å². The first-order valence-corrected chi connectivity index (χ1v) is 29.4. The number of aliphatic imine (C=N–C) groups is 1. The molecule has 0 radical (unpaired) electrons. The smallest absolute Gasteiger partial charge is 0.225 e. The van der Waals surface area contributed by atoms with E-state index in [0.29, 0.717) is 53.6 Å². The van der Waals surface area contributed by atoms with Crippen LogP contribution in [-0.2, 0) is 44.3 Å². The molecule has 0 N–H and O–H groups in total. The maximum atomic E-state index is 6.33. The van der Waals surface area contributed by atoms with Crippen molar-refractivity contribution in [2.75, 3.05) is 75.7 Å². The van der Waals surface area contributed by atoms with Gasteiger partial charge in [0.2, 0.25) is 17.6 Å². The molecular formula is C61H66ClN13O8. The Morgan fingerprint density at radius 2 is 0.952 bits per heavy atom. The first-order chi connectivity index (χ1) is 40.8. The zero-order valence-electron chi connectivity index (χ0n) is 46.6. The van der Waals surface area contributed by atoms with Crippen LogP contribution in [0.2, 0.25) is 5.15 Å². The predicted octanol–water partition coefficient (Wildman–Crippen LogP) is 8.17. The lowest BCUT2D eigenvalue weighted by atomic mass is 10.0. The van der Waals surface area contributed by atoms with Crippen LogP contribution in [0.15, 0.2) is 96.8 Å². The van der Waals surface area contributed by atoms with Gasteiger partial charge in [-0.25, -0.2) is 29.9 Å². The van der Waals surface area contributed by atoms with Crippen molar-refractivity contribution in [2.45, 2.75) is 101 Å². The van der Waals surface area contributed by atoms with Gasteiger partial charge in [-0.1, -0.05) is 11.6 Å². The molecule has 8 aliphatic rings. The van der Waals surface area contributed by atoms with Gasteiger partial charge in [-0.3, -0.25) is 14.4 Å². The van der Waals surface area contributed by atoms with Crippen molar-refractivity contribution < 1.29 is 37.9 Å². The van der Waals surface area contributed by atoms with E-state index in [1.54, 1.807) is 24.7 Å².